The number of hydrogen-bond acceptors (Lipinski definition) is 7. The highest BCUT2D eigenvalue weighted by Gasteiger charge is 2.28. The van der Waals surface area contributed by atoms with Gasteiger partial charge in [-0.05, 0) is 26.3 Å². The molecule has 1 saturated heterocycles. The summed E-state index contributed by atoms with van der Waals surface area (Å²) in [5, 5.41) is 2.85. The summed E-state index contributed by atoms with van der Waals surface area (Å²) in [7, 11) is 1.53. The lowest BCUT2D eigenvalue weighted by atomic mass is 9.98. The number of anilines is 1. The Morgan fingerprint density at radius 1 is 1.31 bits per heavy atom. The van der Waals surface area contributed by atoms with Crippen LogP contribution in [0.2, 0.25) is 0 Å². The van der Waals surface area contributed by atoms with E-state index in [9.17, 15) is 9.59 Å². The van der Waals surface area contributed by atoms with Crippen molar-refractivity contribution < 1.29 is 28.5 Å². The Morgan fingerprint density at radius 3 is 2.81 bits per heavy atom. The van der Waals surface area contributed by atoms with Gasteiger partial charge in [-0.15, -0.1) is 0 Å². The Labute approximate surface area is 152 Å². The Hall–Kier alpha value is -2.48. The zero-order valence-electron chi connectivity index (χ0n) is 15.1. The zero-order chi connectivity index (χ0) is 18.5. The van der Waals surface area contributed by atoms with Gasteiger partial charge in [0.15, 0.2) is 11.5 Å². The van der Waals surface area contributed by atoms with Crippen molar-refractivity contribution in [3.05, 3.63) is 12.1 Å². The number of fused-ring (bicyclic) bond motifs is 1. The molecule has 1 N–H and O–H groups in total. The lowest BCUT2D eigenvalue weighted by Gasteiger charge is -2.30. The van der Waals surface area contributed by atoms with E-state index < -0.39 is 0 Å². The molecule has 2 aliphatic rings. The van der Waals surface area contributed by atoms with Crippen LogP contribution in [0.15, 0.2) is 12.1 Å². The molecule has 8 heteroatoms. The Kier molecular flexibility index (Phi) is 5.82. The summed E-state index contributed by atoms with van der Waals surface area (Å²) in [6, 6.07) is 3.38. The van der Waals surface area contributed by atoms with Gasteiger partial charge in [0, 0.05) is 18.7 Å². The topological polar surface area (TPSA) is 86.3 Å². The number of methoxy groups -OCH3 is 1. The lowest BCUT2D eigenvalue weighted by Crippen LogP contribution is -2.43. The molecule has 26 heavy (non-hydrogen) atoms. The number of likely N-dealkylation sites (tertiary alicyclic amines) is 1. The Morgan fingerprint density at radius 2 is 2.08 bits per heavy atom. The molecule has 2 heterocycles. The summed E-state index contributed by atoms with van der Waals surface area (Å²) in [4.78, 5) is 26.3. The number of amides is 1. The van der Waals surface area contributed by atoms with E-state index in [0.717, 1.165) is 19.4 Å². The molecule has 1 aromatic rings. The number of nitrogens with zero attached hydrogens (tertiary/aromatic N) is 1. The number of carbonyl (C=O) groups is 2. The molecule has 0 radical (unpaired) electrons. The fourth-order valence-electron chi connectivity index (χ4n) is 3.23. The number of ether oxygens (including phenoxy) is 4. The van der Waals surface area contributed by atoms with E-state index in [-0.39, 0.29) is 31.1 Å². The highest BCUT2D eigenvalue weighted by molar-refractivity contribution is 5.94. The third-order valence-electron chi connectivity index (χ3n) is 4.46. The molecule has 1 fully saturated rings. The molecule has 0 saturated carbocycles. The lowest BCUT2D eigenvalue weighted by molar-refractivity contribution is -0.150. The standard InChI is InChI=1S/C18H24N2O6/c1-3-24-18(22)12-5-4-6-20(9-12)10-17(21)19-13-7-15-16(26-11-25-15)8-14(13)23-2/h7-8,12H,3-6,9-11H2,1-2H3,(H,19,21). The molecular weight excluding hydrogens is 340 g/mol. The van der Waals surface area contributed by atoms with Gasteiger partial charge < -0.3 is 24.3 Å². The minimum Gasteiger partial charge on any atom is -0.494 e. The van der Waals surface area contributed by atoms with Crippen molar-refractivity contribution in [2.24, 2.45) is 5.92 Å². The average molecular weight is 364 g/mol. The quantitative estimate of drug-likeness (QED) is 0.768. The largest absolute Gasteiger partial charge is 0.494 e. The van der Waals surface area contributed by atoms with Gasteiger partial charge in [-0.1, -0.05) is 0 Å². The molecule has 1 atom stereocenters. The van der Waals surface area contributed by atoms with E-state index in [1.807, 2.05) is 4.90 Å². The van der Waals surface area contributed by atoms with Crippen LogP contribution in [0.25, 0.3) is 0 Å². The van der Waals surface area contributed by atoms with Crippen LogP contribution in [-0.4, -0.2) is 56.9 Å². The van der Waals surface area contributed by atoms with Crippen molar-refractivity contribution in [1.29, 1.82) is 0 Å². The van der Waals surface area contributed by atoms with E-state index in [0.29, 0.717) is 36.1 Å². The van der Waals surface area contributed by atoms with Crippen LogP contribution < -0.4 is 19.5 Å². The second-order valence-corrected chi connectivity index (χ2v) is 6.28. The predicted molar refractivity (Wildman–Crippen MR) is 93.5 cm³/mol. The van der Waals surface area contributed by atoms with Gasteiger partial charge in [-0.25, -0.2) is 0 Å². The monoisotopic (exact) mass is 364 g/mol. The average Bonchev–Trinajstić information content (AvgIpc) is 3.08. The number of piperidine rings is 1. The van der Waals surface area contributed by atoms with Crippen LogP contribution in [0.5, 0.6) is 17.2 Å². The van der Waals surface area contributed by atoms with E-state index in [4.69, 9.17) is 18.9 Å². The fraction of sp³-hybridized carbons (Fsp3) is 0.556. The van der Waals surface area contributed by atoms with Crippen LogP contribution in [0.3, 0.4) is 0 Å². The van der Waals surface area contributed by atoms with Gasteiger partial charge in [0.05, 0.1) is 31.9 Å². The third-order valence-corrected chi connectivity index (χ3v) is 4.46. The maximum atomic E-state index is 12.5. The number of benzene rings is 1. The van der Waals surface area contributed by atoms with Gasteiger partial charge in [0.25, 0.3) is 0 Å². The van der Waals surface area contributed by atoms with Crippen molar-refractivity contribution in [2.75, 3.05) is 45.5 Å². The number of carbonyl (C=O) groups excluding carboxylic acids is 2. The number of esters is 1. The highest BCUT2D eigenvalue weighted by Crippen LogP contribution is 2.40. The molecule has 1 unspecified atom stereocenters. The van der Waals surface area contributed by atoms with E-state index in [1.165, 1.54) is 7.11 Å². The third kappa shape index (κ3) is 4.19. The van der Waals surface area contributed by atoms with Crippen molar-refractivity contribution in [1.82, 2.24) is 4.90 Å². The van der Waals surface area contributed by atoms with Crippen LogP contribution in [0.4, 0.5) is 5.69 Å². The first-order valence-corrected chi connectivity index (χ1v) is 8.77. The maximum Gasteiger partial charge on any atom is 0.310 e. The van der Waals surface area contributed by atoms with Crippen LogP contribution in [-0.2, 0) is 14.3 Å². The number of rotatable bonds is 6. The molecule has 2 aliphatic heterocycles. The molecule has 0 aliphatic carbocycles. The van der Waals surface area contributed by atoms with E-state index in [1.54, 1.807) is 19.1 Å². The highest BCUT2D eigenvalue weighted by atomic mass is 16.7. The molecule has 1 aromatic carbocycles. The molecule has 0 spiro atoms. The molecule has 0 bridgehead atoms. The van der Waals surface area contributed by atoms with E-state index >= 15 is 0 Å². The van der Waals surface area contributed by atoms with Crippen molar-refractivity contribution in [3.8, 4) is 17.2 Å². The van der Waals surface area contributed by atoms with E-state index in [2.05, 4.69) is 5.32 Å². The van der Waals surface area contributed by atoms with Gasteiger partial charge >= 0.3 is 5.97 Å². The number of nitrogens with one attached hydrogen (secondary N) is 1. The molecule has 1 amide bonds. The van der Waals surface area contributed by atoms with Crippen molar-refractivity contribution >= 4 is 17.6 Å². The molecule has 8 nitrogen and oxygen atoms in total. The first kappa shape index (κ1) is 18.3. The minimum atomic E-state index is -0.185. The zero-order valence-corrected chi connectivity index (χ0v) is 15.1. The Bertz CT molecular complexity index is 678. The van der Waals surface area contributed by atoms with Crippen molar-refractivity contribution in [3.63, 3.8) is 0 Å². The molecule has 142 valence electrons. The molecule has 3 rings (SSSR count). The predicted octanol–water partition coefficient (Wildman–Crippen LogP) is 1.64. The van der Waals surface area contributed by atoms with Crippen LogP contribution >= 0.6 is 0 Å². The molecular formula is C18H24N2O6. The molecule has 0 aromatic heterocycles. The summed E-state index contributed by atoms with van der Waals surface area (Å²) in [6.45, 7) is 3.84. The first-order chi connectivity index (χ1) is 12.6. The summed E-state index contributed by atoms with van der Waals surface area (Å²) in [5.74, 6) is 1.14. The summed E-state index contributed by atoms with van der Waals surface area (Å²) in [5.41, 5.74) is 0.528. The van der Waals surface area contributed by atoms with Crippen LogP contribution in [0.1, 0.15) is 19.8 Å². The fourth-order valence-corrected chi connectivity index (χ4v) is 3.23. The minimum absolute atomic E-state index is 0.152. The van der Waals surface area contributed by atoms with Gasteiger partial charge in [-0.3, -0.25) is 14.5 Å². The van der Waals surface area contributed by atoms with Crippen molar-refractivity contribution in [2.45, 2.75) is 19.8 Å². The number of hydrogen-bond donors (Lipinski definition) is 1. The summed E-state index contributed by atoms with van der Waals surface area (Å²) >= 11 is 0. The van der Waals surface area contributed by atoms with Gasteiger partial charge in [0.2, 0.25) is 12.7 Å². The normalized spacial score (nSPS) is 19.1. The maximum absolute atomic E-state index is 12.5. The second kappa shape index (κ2) is 8.27. The Balaban J connectivity index is 1.59. The first-order valence-electron chi connectivity index (χ1n) is 8.77. The second-order valence-electron chi connectivity index (χ2n) is 6.28. The van der Waals surface area contributed by atoms with Crippen LogP contribution in [0, 0.1) is 5.92 Å². The summed E-state index contributed by atoms with van der Waals surface area (Å²) in [6.07, 6.45) is 1.66. The van der Waals surface area contributed by atoms with Gasteiger partial charge in [-0.2, -0.15) is 0 Å². The van der Waals surface area contributed by atoms with Gasteiger partial charge in [0.1, 0.15) is 5.75 Å². The summed E-state index contributed by atoms with van der Waals surface area (Å²) < 4.78 is 21.1. The SMILES string of the molecule is CCOC(=O)C1CCCN(CC(=O)Nc2cc3c(cc2OC)OCO3)C1. The smallest absolute Gasteiger partial charge is 0.310 e.